The highest BCUT2D eigenvalue weighted by molar-refractivity contribution is 6.30. The molecule has 1 N–H and O–H groups in total. The Balaban J connectivity index is 1.81. The smallest absolute Gasteiger partial charge is 0.127 e. The van der Waals surface area contributed by atoms with Gasteiger partial charge < -0.3 is 9.88 Å². The first-order chi connectivity index (χ1) is 9.74. The van der Waals surface area contributed by atoms with E-state index in [1.807, 2.05) is 30.6 Å². The Bertz CT molecular complexity index is 581. The van der Waals surface area contributed by atoms with Crippen molar-refractivity contribution in [2.75, 3.05) is 19.6 Å². The molecule has 1 atom stereocenters. The lowest BCUT2D eigenvalue weighted by Gasteiger charge is -2.35. The van der Waals surface area contributed by atoms with E-state index in [9.17, 15) is 0 Å². The highest BCUT2D eigenvalue weighted by Crippen LogP contribution is 2.23. The van der Waals surface area contributed by atoms with Crippen molar-refractivity contribution in [3.05, 3.63) is 53.1 Å². The van der Waals surface area contributed by atoms with Gasteiger partial charge in [0.25, 0.3) is 0 Å². The first kappa shape index (κ1) is 13.6. The molecule has 1 aliphatic rings. The van der Waals surface area contributed by atoms with E-state index in [0.717, 1.165) is 37.0 Å². The third-order valence-corrected chi connectivity index (χ3v) is 4.02. The van der Waals surface area contributed by atoms with E-state index in [1.54, 1.807) is 0 Å². The van der Waals surface area contributed by atoms with E-state index in [1.165, 1.54) is 5.56 Å². The van der Waals surface area contributed by atoms with Crippen LogP contribution in [0.5, 0.6) is 0 Å². The van der Waals surface area contributed by atoms with Crippen LogP contribution in [0.3, 0.4) is 0 Å². The second kappa shape index (κ2) is 5.95. The topological polar surface area (TPSA) is 33.1 Å². The summed E-state index contributed by atoms with van der Waals surface area (Å²) in [5.41, 5.74) is 1.25. The predicted octanol–water partition coefficient (Wildman–Crippen LogP) is 2.22. The Morgan fingerprint density at radius 1 is 1.45 bits per heavy atom. The molecule has 3 rings (SSSR count). The van der Waals surface area contributed by atoms with Crippen molar-refractivity contribution >= 4 is 11.6 Å². The zero-order valence-corrected chi connectivity index (χ0v) is 12.3. The summed E-state index contributed by atoms with van der Waals surface area (Å²) in [4.78, 5) is 6.97. The van der Waals surface area contributed by atoms with Gasteiger partial charge in [-0.2, -0.15) is 0 Å². The molecule has 1 saturated heterocycles. The van der Waals surface area contributed by atoms with Gasteiger partial charge in [-0.25, -0.2) is 4.98 Å². The Kier molecular flexibility index (Phi) is 4.05. The van der Waals surface area contributed by atoms with E-state index in [0.29, 0.717) is 6.04 Å². The Hall–Kier alpha value is -1.36. The lowest BCUT2D eigenvalue weighted by atomic mass is 10.1. The normalized spacial score (nSPS) is 20.2. The maximum atomic E-state index is 6.08. The molecular weight excluding hydrogens is 272 g/mol. The Morgan fingerprint density at radius 2 is 2.35 bits per heavy atom. The number of nitrogens with zero attached hydrogens (tertiary/aromatic N) is 3. The minimum Gasteiger partial charge on any atom is -0.337 e. The van der Waals surface area contributed by atoms with Crippen LogP contribution in [0.4, 0.5) is 0 Å². The summed E-state index contributed by atoms with van der Waals surface area (Å²) < 4.78 is 2.10. The summed E-state index contributed by atoms with van der Waals surface area (Å²) in [6.07, 6.45) is 3.86. The molecular formula is C15H19ClN4. The lowest BCUT2D eigenvalue weighted by molar-refractivity contribution is 0.145. The third kappa shape index (κ3) is 2.87. The molecule has 1 aromatic heterocycles. The van der Waals surface area contributed by atoms with Gasteiger partial charge in [0.2, 0.25) is 0 Å². The van der Waals surface area contributed by atoms with Crippen LogP contribution in [0, 0.1) is 0 Å². The molecule has 2 heterocycles. The summed E-state index contributed by atoms with van der Waals surface area (Å²) in [6.45, 7) is 3.87. The van der Waals surface area contributed by atoms with E-state index in [-0.39, 0.29) is 0 Å². The van der Waals surface area contributed by atoms with Crippen LogP contribution in [0.15, 0.2) is 36.7 Å². The summed E-state index contributed by atoms with van der Waals surface area (Å²) >= 11 is 6.08. The molecule has 1 aliphatic heterocycles. The summed E-state index contributed by atoms with van der Waals surface area (Å²) in [5.74, 6) is 1.11. The first-order valence-corrected chi connectivity index (χ1v) is 7.28. The van der Waals surface area contributed by atoms with E-state index >= 15 is 0 Å². The van der Waals surface area contributed by atoms with E-state index < -0.39 is 0 Å². The van der Waals surface area contributed by atoms with Gasteiger partial charge in [-0.3, -0.25) is 4.90 Å². The molecule has 0 radical (unpaired) electrons. The Morgan fingerprint density at radius 3 is 3.10 bits per heavy atom. The molecule has 0 amide bonds. The van der Waals surface area contributed by atoms with Crippen molar-refractivity contribution in [1.82, 2.24) is 19.8 Å². The van der Waals surface area contributed by atoms with Gasteiger partial charge in [-0.1, -0.05) is 23.7 Å². The number of hydrogen-bond acceptors (Lipinski definition) is 3. The fourth-order valence-electron chi connectivity index (χ4n) is 2.76. The quantitative estimate of drug-likeness (QED) is 0.941. The number of imidazole rings is 1. The molecule has 20 heavy (non-hydrogen) atoms. The molecule has 2 aromatic rings. The average Bonchev–Trinajstić information content (AvgIpc) is 2.86. The van der Waals surface area contributed by atoms with Gasteiger partial charge >= 0.3 is 0 Å². The number of hydrogen-bond donors (Lipinski definition) is 1. The zero-order chi connectivity index (χ0) is 13.9. The van der Waals surface area contributed by atoms with Crippen LogP contribution < -0.4 is 5.32 Å². The van der Waals surface area contributed by atoms with Crippen molar-refractivity contribution in [3.63, 3.8) is 0 Å². The highest BCUT2D eigenvalue weighted by atomic mass is 35.5. The fourth-order valence-corrected chi connectivity index (χ4v) is 2.97. The predicted molar refractivity (Wildman–Crippen MR) is 80.7 cm³/mol. The van der Waals surface area contributed by atoms with Gasteiger partial charge in [-0.05, 0) is 17.7 Å². The standard InChI is InChI=1S/C15H19ClN4/c1-19-7-6-18-15(19)14-10-17-5-8-20(14)11-12-3-2-4-13(16)9-12/h2-4,6-7,9,14,17H,5,8,10-11H2,1H3. The third-order valence-electron chi connectivity index (χ3n) is 3.79. The molecule has 1 aromatic carbocycles. The molecule has 0 spiro atoms. The average molecular weight is 291 g/mol. The molecule has 4 nitrogen and oxygen atoms in total. The van der Waals surface area contributed by atoms with Crippen LogP contribution in [-0.4, -0.2) is 34.1 Å². The highest BCUT2D eigenvalue weighted by Gasteiger charge is 2.26. The van der Waals surface area contributed by atoms with E-state index in [2.05, 4.69) is 32.9 Å². The maximum Gasteiger partial charge on any atom is 0.127 e. The van der Waals surface area contributed by atoms with Crippen molar-refractivity contribution in [2.45, 2.75) is 12.6 Å². The van der Waals surface area contributed by atoms with Gasteiger partial charge in [0.1, 0.15) is 5.82 Å². The van der Waals surface area contributed by atoms with E-state index in [4.69, 9.17) is 11.6 Å². The summed E-state index contributed by atoms with van der Waals surface area (Å²) in [6, 6.07) is 8.40. The van der Waals surface area contributed by atoms with Gasteiger partial charge in [0.15, 0.2) is 0 Å². The first-order valence-electron chi connectivity index (χ1n) is 6.90. The van der Waals surface area contributed by atoms with Crippen molar-refractivity contribution in [1.29, 1.82) is 0 Å². The second-order valence-corrected chi connectivity index (χ2v) is 5.65. The van der Waals surface area contributed by atoms with Crippen LogP contribution in [0.25, 0.3) is 0 Å². The molecule has 1 unspecified atom stereocenters. The zero-order valence-electron chi connectivity index (χ0n) is 11.6. The minimum absolute atomic E-state index is 0.308. The molecule has 106 valence electrons. The largest absolute Gasteiger partial charge is 0.337 e. The summed E-state index contributed by atoms with van der Waals surface area (Å²) in [7, 11) is 2.05. The maximum absolute atomic E-state index is 6.08. The van der Waals surface area contributed by atoms with Gasteiger partial charge in [0, 0.05) is 50.6 Å². The molecule has 0 aliphatic carbocycles. The number of nitrogens with one attached hydrogen (secondary N) is 1. The lowest BCUT2D eigenvalue weighted by Crippen LogP contribution is -2.46. The Labute approximate surface area is 124 Å². The van der Waals surface area contributed by atoms with Gasteiger partial charge in [0.05, 0.1) is 6.04 Å². The summed E-state index contributed by atoms with van der Waals surface area (Å²) in [5, 5.41) is 4.25. The number of benzene rings is 1. The van der Waals surface area contributed by atoms with Crippen LogP contribution in [0.2, 0.25) is 5.02 Å². The van der Waals surface area contributed by atoms with Crippen LogP contribution in [0.1, 0.15) is 17.4 Å². The molecule has 5 heteroatoms. The monoisotopic (exact) mass is 290 g/mol. The number of rotatable bonds is 3. The number of halogens is 1. The van der Waals surface area contributed by atoms with Crippen molar-refractivity contribution in [2.24, 2.45) is 7.05 Å². The SMILES string of the molecule is Cn1ccnc1C1CNCCN1Cc1cccc(Cl)c1. The number of piperazine rings is 1. The fraction of sp³-hybridized carbons (Fsp3) is 0.400. The second-order valence-electron chi connectivity index (χ2n) is 5.22. The minimum atomic E-state index is 0.308. The number of aryl methyl sites for hydroxylation is 1. The molecule has 0 bridgehead atoms. The van der Waals surface area contributed by atoms with Crippen LogP contribution in [-0.2, 0) is 13.6 Å². The molecule has 0 saturated carbocycles. The van der Waals surface area contributed by atoms with Crippen molar-refractivity contribution < 1.29 is 0 Å². The van der Waals surface area contributed by atoms with Crippen molar-refractivity contribution in [3.8, 4) is 0 Å². The number of aromatic nitrogens is 2. The van der Waals surface area contributed by atoms with Gasteiger partial charge in [-0.15, -0.1) is 0 Å². The van der Waals surface area contributed by atoms with Crippen LogP contribution >= 0.6 is 11.6 Å². The molecule has 1 fully saturated rings.